The molecule has 2 rings (SSSR count). The summed E-state index contributed by atoms with van der Waals surface area (Å²) in [7, 11) is 1.33. The van der Waals surface area contributed by atoms with Gasteiger partial charge >= 0.3 is 5.97 Å². The molecule has 0 saturated heterocycles. The van der Waals surface area contributed by atoms with Crippen molar-refractivity contribution in [1.29, 1.82) is 0 Å². The van der Waals surface area contributed by atoms with Crippen LogP contribution in [0.25, 0.3) is 0 Å². The monoisotopic (exact) mass is 346 g/mol. The second-order valence-electron chi connectivity index (χ2n) is 5.23. The molecule has 126 valence electrons. The Bertz CT molecular complexity index is 747. The van der Waals surface area contributed by atoms with E-state index in [-0.39, 0.29) is 12.3 Å². The summed E-state index contributed by atoms with van der Waals surface area (Å²) in [6.07, 6.45) is 0.251. The zero-order valence-corrected chi connectivity index (χ0v) is 14.3. The second kappa shape index (κ2) is 8.36. The molecular weight excluding hydrogens is 328 g/mol. The number of carbonyl (C=O) groups is 2. The quantitative estimate of drug-likeness (QED) is 0.779. The highest BCUT2D eigenvalue weighted by atomic mass is 35.5. The van der Waals surface area contributed by atoms with Gasteiger partial charge in [-0.1, -0.05) is 29.8 Å². The van der Waals surface area contributed by atoms with Crippen molar-refractivity contribution in [2.75, 3.05) is 24.3 Å². The van der Waals surface area contributed by atoms with Gasteiger partial charge in [0.2, 0.25) is 5.91 Å². The Hall–Kier alpha value is -2.53. The molecule has 0 atom stereocenters. The third-order valence-corrected chi connectivity index (χ3v) is 3.86. The van der Waals surface area contributed by atoms with Crippen molar-refractivity contribution in [2.45, 2.75) is 13.3 Å². The lowest BCUT2D eigenvalue weighted by molar-refractivity contribution is -0.115. The van der Waals surface area contributed by atoms with Crippen LogP contribution < -0.4 is 10.6 Å². The van der Waals surface area contributed by atoms with E-state index in [1.54, 1.807) is 30.3 Å². The number of para-hydroxylation sites is 1. The van der Waals surface area contributed by atoms with Gasteiger partial charge in [-0.2, -0.15) is 0 Å². The van der Waals surface area contributed by atoms with Crippen LogP contribution in [0.2, 0.25) is 5.02 Å². The highest BCUT2D eigenvalue weighted by molar-refractivity contribution is 6.31. The summed E-state index contributed by atoms with van der Waals surface area (Å²) in [5, 5.41) is 6.48. The zero-order valence-electron chi connectivity index (χ0n) is 13.6. The standard InChI is InChI=1S/C18H19ClN2O3/c1-12-7-8-13(11-15(12)19)21-17(22)9-10-20-16-6-4-3-5-14(16)18(23)24-2/h3-8,11,20H,9-10H2,1-2H3,(H,21,22). The van der Waals surface area contributed by atoms with Crippen LogP contribution in [0.4, 0.5) is 11.4 Å². The number of amides is 1. The highest BCUT2D eigenvalue weighted by Crippen LogP contribution is 2.20. The Morgan fingerprint density at radius 2 is 1.92 bits per heavy atom. The summed E-state index contributed by atoms with van der Waals surface area (Å²) in [5.41, 5.74) is 2.68. The van der Waals surface area contributed by atoms with E-state index in [1.165, 1.54) is 7.11 Å². The van der Waals surface area contributed by atoms with E-state index in [0.717, 1.165) is 5.56 Å². The molecule has 0 aliphatic carbocycles. The summed E-state index contributed by atoms with van der Waals surface area (Å²) in [6, 6.07) is 12.4. The van der Waals surface area contributed by atoms with Gasteiger partial charge in [0, 0.05) is 29.4 Å². The van der Waals surface area contributed by atoms with Gasteiger partial charge in [-0.25, -0.2) is 4.79 Å². The number of benzene rings is 2. The number of ether oxygens (including phenoxy) is 1. The number of hydrogen-bond acceptors (Lipinski definition) is 4. The van der Waals surface area contributed by atoms with E-state index in [4.69, 9.17) is 16.3 Å². The summed E-state index contributed by atoms with van der Waals surface area (Å²) >= 11 is 6.04. The largest absolute Gasteiger partial charge is 0.465 e. The molecule has 0 bridgehead atoms. The van der Waals surface area contributed by atoms with Crippen LogP contribution in [0.3, 0.4) is 0 Å². The molecule has 0 radical (unpaired) electrons. The van der Waals surface area contributed by atoms with E-state index >= 15 is 0 Å². The van der Waals surface area contributed by atoms with Crippen molar-refractivity contribution in [3.8, 4) is 0 Å². The molecule has 0 aliphatic heterocycles. The molecule has 0 aliphatic rings. The molecule has 1 amide bonds. The third-order valence-electron chi connectivity index (χ3n) is 3.46. The van der Waals surface area contributed by atoms with Crippen molar-refractivity contribution in [3.05, 3.63) is 58.6 Å². The Morgan fingerprint density at radius 1 is 1.17 bits per heavy atom. The second-order valence-corrected chi connectivity index (χ2v) is 5.63. The topological polar surface area (TPSA) is 67.4 Å². The van der Waals surface area contributed by atoms with Crippen LogP contribution in [0.15, 0.2) is 42.5 Å². The third kappa shape index (κ3) is 4.73. The van der Waals surface area contributed by atoms with Crippen LogP contribution in [-0.2, 0) is 9.53 Å². The average Bonchev–Trinajstić information content (AvgIpc) is 2.58. The van der Waals surface area contributed by atoms with E-state index in [9.17, 15) is 9.59 Å². The number of anilines is 2. The van der Waals surface area contributed by atoms with Crippen molar-refractivity contribution in [2.24, 2.45) is 0 Å². The fourth-order valence-corrected chi connectivity index (χ4v) is 2.31. The van der Waals surface area contributed by atoms with E-state index in [0.29, 0.717) is 28.5 Å². The molecule has 24 heavy (non-hydrogen) atoms. The number of halogens is 1. The van der Waals surface area contributed by atoms with Crippen molar-refractivity contribution in [1.82, 2.24) is 0 Å². The van der Waals surface area contributed by atoms with Crippen LogP contribution in [0.5, 0.6) is 0 Å². The SMILES string of the molecule is COC(=O)c1ccccc1NCCC(=O)Nc1ccc(C)c(Cl)c1. The van der Waals surface area contributed by atoms with Gasteiger partial charge in [-0.3, -0.25) is 4.79 Å². The van der Waals surface area contributed by atoms with Crippen LogP contribution >= 0.6 is 11.6 Å². The van der Waals surface area contributed by atoms with E-state index in [2.05, 4.69) is 10.6 Å². The van der Waals surface area contributed by atoms with Crippen molar-refractivity contribution in [3.63, 3.8) is 0 Å². The number of rotatable bonds is 6. The molecule has 0 spiro atoms. The first kappa shape index (κ1) is 17.8. The number of methoxy groups -OCH3 is 1. The maximum absolute atomic E-state index is 12.0. The lowest BCUT2D eigenvalue weighted by atomic mass is 10.1. The Balaban J connectivity index is 1.89. The van der Waals surface area contributed by atoms with Gasteiger partial charge in [-0.15, -0.1) is 0 Å². The number of esters is 1. The smallest absolute Gasteiger partial charge is 0.339 e. The van der Waals surface area contributed by atoms with Gasteiger partial charge in [0.1, 0.15) is 0 Å². The molecule has 0 unspecified atom stereocenters. The minimum absolute atomic E-state index is 0.141. The molecule has 0 heterocycles. The first-order chi connectivity index (χ1) is 11.5. The number of nitrogens with one attached hydrogen (secondary N) is 2. The molecule has 5 nitrogen and oxygen atoms in total. The maximum atomic E-state index is 12.0. The Kier molecular flexibility index (Phi) is 6.21. The van der Waals surface area contributed by atoms with E-state index < -0.39 is 5.97 Å². The molecule has 0 fully saturated rings. The van der Waals surface area contributed by atoms with Crippen molar-refractivity contribution < 1.29 is 14.3 Å². The van der Waals surface area contributed by atoms with Crippen molar-refractivity contribution >= 4 is 34.9 Å². The first-order valence-electron chi connectivity index (χ1n) is 7.48. The minimum Gasteiger partial charge on any atom is -0.465 e. The maximum Gasteiger partial charge on any atom is 0.339 e. The number of carbonyl (C=O) groups excluding carboxylic acids is 2. The zero-order chi connectivity index (χ0) is 17.5. The van der Waals surface area contributed by atoms with E-state index in [1.807, 2.05) is 19.1 Å². The summed E-state index contributed by atoms with van der Waals surface area (Å²) < 4.78 is 4.73. The number of hydrogen-bond donors (Lipinski definition) is 2. The first-order valence-corrected chi connectivity index (χ1v) is 7.86. The predicted octanol–water partition coefficient (Wildman–Crippen LogP) is 3.88. The molecule has 0 aromatic heterocycles. The molecular formula is C18H19ClN2O3. The molecule has 0 saturated carbocycles. The fraction of sp³-hybridized carbons (Fsp3) is 0.222. The van der Waals surface area contributed by atoms with Gasteiger partial charge in [0.25, 0.3) is 0 Å². The molecule has 6 heteroatoms. The Labute approximate surface area is 146 Å². The lowest BCUT2D eigenvalue weighted by Gasteiger charge is -2.11. The summed E-state index contributed by atoms with van der Waals surface area (Å²) in [4.78, 5) is 23.7. The molecule has 2 aromatic carbocycles. The summed E-state index contributed by atoms with van der Waals surface area (Å²) in [5.74, 6) is -0.560. The van der Waals surface area contributed by atoms with Crippen LogP contribution in [0, 0.1) is 6.92 Å². The highest BCUT2D eigenvalue weighted by Gasteiger charge is 2.11. The van der Waals surface area contributed by atoms with Gasteiger partial charge < -0.3 is 15.4 Å². The van der Waals surface area contributed by atoms with Gasteiger partial charge in [0.05, 0.1) is 12.7 Å². The summed E-state index contributed by atoms with van der Waals surface area (Å²) in [6.45, 7) is 2.29. The van der Waals surface area contributed by atoms with Crippen LogP contribution in [-0.4, -0.2) is 25.5 Å². The Morgan fingerprint density at radius 3 is 2.62 bits per heavy atom. The molecule has 2 aromatic rings. The van der Waals surface area contributed by atoms with Gasteiger partial charge in [-0.05, 0) is 36.8 Å². The average molecular weight is 347 g/mol. The van der Waals surface area contributed by atoms with Crippen LogP contribution in [0.1, 0.15) is 22.3 Å². The lowest BCUT2D eigenvalue weighted by Crippen LogP contribution is -2.17. The number of aryl methyl sites for hydroxylation is 1. The minimum atomic E-state index is -0.420. The molecule has 2 N–H and O–H groups in total. The fourth-order valence-electron chi connectivity index (χ4n) is 2.13. The normalized spacial score (nSPS) is 10.1. The van der Waals surface area contributed by atoms with Gasteiger partial charge in [0.15, 0.2) is 0 Å². The predicted molar refractivity (Wildman–Crippen MR) is 95.7 cm³/mol.